The van der Waals surface area contributed by atoms with E-state index in [1.54, 1.807) is 0 Å². The summed E-state index contributed by atoms with van der Waals surface area (Å²) < 4.78 is 6.86. The van der Waals surface area contributed by atoms with E-state index in [0.717, 1.165) is 17.6 Å². The molecular formula is C14H21BrN2O. The summed E-state index contributed by atoms with van der Waals surface area (Å²) in [4.78, 5) is 2.38. The second kappa shape index (κ2) is 5.59. The van der Waals surface area contributed by atoms with Crippen molar-refractivity contribution in [3.63, 3.8) is 0 Å². The number of nitrogens with two attached hydrogens (primary N) is 1. The molecule has 0 radical (unpaired) electrons. The summed E-state index contributed by atoms with van der Waals surface area (Å²) in [7, 11) is 0. The van der Waals surface area contributed by atoms with Gasteiger partial charge in [0.25, 0.3) is 0 Å². The summed E-state index contributed by atoms with van der Waals surface area (Å²) in [6, 6.07) is 6.37. The van der Waals surface area contributed by atoms with Crippen molar-refractivity contribution in [3.8, 4) is 0 Å². The lowest BCUT2D eigenvalue weighted by Crippen LogP contribution is -2.46. The molecule has 0 aliphatic carbocycles. The molecule has 18 heavy (non-hydrogen) atoms. The Balaban J connectivity index is 2.32. The predicted molar refractivity (Wildman–Crippen MR) is 79.0 cm³/mol. The Kier molecular flexibility index (Phi) is 4.30. The minimum atomic E-state index is 0.0333. The molecule has 100 valence electrons. The first-order valence-electron chi connectivity index (χ1n) is 6.43. The van der Waals surface area contributed by atoms with E-state index in [2.05, 4.69) is 52.9 Å². The van der Waals surface area contributed by atoms with Crippen LogP contribution in [0.5, 0.6) is 0 Å². The lowest BCUT2D eigenvalue weighted by atomic mass is 10.0. The van der Waals surface area contributed by atoms with Gasteiger partial charge in [-0.1, -0.05) is 15.9 Å². The van der Waals surface area contributed by atoms with Gasteiger partial charge in [0.2, 0.25) is 0 Å². The van der Waals surface area contributed by atoms with Crippen LogP contribution in [0.15, 0.2) is 22.7 Å². The van der Waals surface area contributed by atoms with Crippen molar-refractivity contribution >= 4 is 21.6 Å². The van der Waals surface area contributed by atoms with Gasteiger partial charge >= 0.3 is 0 Å². The molecule has 1 saturated heterocycles. The van der Waals surface area contributed by atoms with Crippen LogP contribution in [0.2, 0.25) is 0 Å². The van der Waals surface area contributed by atoms with Gasteiger partial charge in [0, 0.05) is 29.3 Å². The molecule has 1 aromatic rings. The van der Waals surface area contributed by atoms with Crippen molar-refractivity contribution in [1.29, 1.82) is 0 Å². The summed E-state index contributed by atoms with van der Waals surface area (Å²) in [5, 5.41) is 0. The Morgan fingerprint density at radius 2 is 1.94 bits per heavy atom. The van der Waals surface area contributed by atoms with Crippen LogP contribution in [-0.4, -0.2) is 25.3 Å². The summed E-state index contributed by atoms with van der Waals surface area (Å²) in [5.74, 6) is 0. The monoisotopic (exact) mass is 312 g/mol. The third kappa shape index (κ3) is 3.05. The number of morpholine rings is 1. The van der Waals surface area contributed by atoms with Gasteiger partial charge in [0.15, 0.2) is 0 Å². The molecule has 4 heteroatoms. The number of hydrogen-bond acceptors (Lipinski definition) is 3. The Hall–Kier alpha value is -0.580. The molecule has 1 aromatic carbocycles. The van der Waals surface area contributed by atoms with Gasteiger partial charge in [-0.05, 0) is 44.5 Å². The third-order valence-corrected chi connectivity index (χ3v) is 3.73. The minimum absolute atomic E-state index is 0.0333. The molecule has 3 atom stereocenters. The SMILES string of the molecule is CC1CN(c2ccc(Br)cc2C(C)N)CC(C)O1. The second-order valence-corrected chi connectivity index (χ2v) is 6.07. The molecule has 2 rings (SSSR count). The average Bonchev–Trinajstić information content (AvgIpc) is 2.27. The van der Waals surface area contributed by atoms with Gasteiger partial charge in [0.05, 0.1) is 12.2 Å². The normalized spacial score (nSPS) is 26.2. The first kappa shape index (κ1) is 13.8. The van der Waals surface area contributed by atoms with Crippen molar-refractivity contribution in [1.82, 2.24) is 0 Å². The van der Waals surface area contributed by atoms with Crippen LogP contribution in [0.25, 0.3) is 0 Å². The van der Waals surface area contributed by atoms with E-state index in [1.165, 1.54) is 11.3 Å². The van der Waals surface area contributed by atoms with Crippen LogP contribution in [0.1, 0.15) is 32.4 Å². The second-order valence-electron chi connectivity index (χ2n) is 5.15. The van der Waals surface area contributed by atoms with Gasteiger partial charge < -0.3 is 15.4 Å². The van der Waals surface area contributed by atoms with Crippen molar-refractivity contribution in [3.05, 3.63) is 28.2 Å². The maximum absolute atomic E-state index is 6.08. The topological polar surface area (TPSA) is 38.5 Å². The number of ether oxygens (including phenoxy) is 1. The van der Waals surface area contributed by atoms with Gasteiger partial charge in [-0.25, -0.2) is 0 Å². The molecule has 1 fully saturated rings. The number of hydrogen-bond donors (Lipinski definition) is 1. The zero-order valence-corrected chi connectivity index (χ0v) is 12.8. The molecule has 0 aromatic heterocycles. The number of rotatable bonds is 2. The largest absolute Gasteiger partial charge is 0.372 e. The molecule has 0 bridgehead atoms. The van der Waals surface area contributed by atoms with Crippen LogP contribution in [0, 0.1) is 0 Å². The Bertz CT molecular complexity index is 412. The summed E-state index contributed by atoms with van der Waals surface area (Å²) in [6.07, 6.45) is 0.525. The molecule has 1 aliphatic heterocycles. The van der Waals surface area contributed by atoms with Crippen molar-refractivity contribution < 1.29 is 4.74 Å². The smallest absolute Gasteiger partial charge is 0.0726 e. The lowest BCUT2D eigenvalue weighted by Gasteiger charge is -2.38. The third-order valence-electron chi connectivity index (χ3n) is 3.24. The minimum Gasteiger partial charge on any atom is -0.372 e. The van der Waals surface area contributed by atoms with Crippen LogP contribution >= 0.6 is 15.9 Å². The zero-order valence-electron chi connectivity index (χ0n) is 11.2. The van der Waals surface area contributed by atoms with Gasteiger partial charge in [-0.15, -0.1) is 0 Å². The molecule has 0 saturated carbocycles. The molecule has 2 N–H and O–H groups in total. The molecule has 1 heterocycles. The van der Waals surface area contributed by atoms with E-state index in [-0.39, 0.29) is 18.2 Å². The highest BCUT2D eigenvalue weighted by atomic mass is 79.9. The highest BCUT2D eigenvalue weighted by molar-refractivity contribution is 9.10. The summed E-state index contributed by atoms with van der Waals surface area (Å²) in [6.45, 7) is 8.11. The van der Waals surface area contributed by atoms with Crippen LogP contribution < -0.4 is 10.6 Å². The first-order chi connectivity index (χ1) is 8.47. The molecular weight excluding hydrogens is 292 g/mol. The fourth-order valence-electron chi connectivity index (χ4n) is 2.55. The maximum Gasteiger partial charge on any atom is 0.0726 e. The quantitative estimate of drug-likeness (QED) is 0.912. The van der Waals surface area contributed by atoms with Gasteiger partial charge in [0.1, 0.15) is 0 Å². The van der Waals surface area contributed by atoms with E-state index in [4.69, 9.17) is 10.5 Å². The van der Waals surface area contributed by atoms with E-state index in [1.807, 2.05) is 6.92 Å². The summed E-state index contributed by atoms with van der Waals surface area (Å²) >= 11 is 3.51. The highest BCUT2D eigenvalue weighted by Gasteiger charge is 2.24. The fourth-order valence-corrected chi connectivity index (χ4v) is 2.93. The van der Waals surface area contributed by atoms with Crippen LogP contribution in [0.4, 0.5) is 5.69 Å². The predicted octanol–water partition coefficient (Wildman–Crippen LogP) is 3.08. The van der Waals surface area contributed by atoms with E-state index < -0.39 is 0 Å². The highest BCUT2D eigenvalue weighted by Crippen LogP contribution is 2.30. The number of anilines is 1. The van der Waals surface area contributed by atoms with Gasteiger partial charge in [-0.2, -0.15) is 0 Å². The fraction of sp³-hybridized carbons (Fsp3) is 0.571. The standard InChI is InChI=1S/C14H21BrN2O/c1-9-7-17(8-10(2)18-9)14-5-4-12(15)6-13(14)11(3)16/h4-6,9-11H,7-8,16H2,1-3H3. The Morgan fingerprint density at radius 1 is 1.33 bits per heavy atom. The van der Waals surface area contributed by atoms with Gasteiger partial charge in [-0.3, -0.25) is 0 Å². The van der Waals surface area contributed by atoms with E-state index in [0.29, 0.717) is 0 Å². The van der Waals surface area contributed by atoms with E-state index in [9.17, 15) is 0 Å². The van der Waals surface area contributed by atoms with Crippen molar-refractivity contribution in [2.24, 2.45) is 5.73 Å². The van der Waals surface area contributed by atoms with Crippen LogP contribution in [-0.2, 0) is 4.74 Å². The molecule has 0 amide bonds. The van der Waals surface area contributed by atoms with Crippen molar-refractivity contribution in [2.75, 3.05) is 18.0 Å². The molecule has 0 spiro atoms. The van der Waals surface area contributed by atoms with Crippen LogP contribution in [0.3, 0.4) is 0 Å². The summed E-state index contributed by atoms with van der Waals surface area (Å²) in [5.41, 5.74) is 8.50. The number of halogens is 1. The zero-order chi connectivity index (χ0) is 13.3. The van der Waals surface area contributed by atoms with E-state index >= 15 is 0 Å². The molecule has 3 unspecified atom stereocenters. The first-order valence-corrected chi connectivity index (χ1v) is 7.22. The molecule has 3 nitrogen and oxygen atoms in total. The number of nitrogens with zero attached hydrogens (tertiary/aromatic N) is 1. The average molecular weight is 313 g/mol. The number of benzene rings is 1. The Labute approximate surface area is 117 Å². The maximum atomic E-state index is 6.08. The Morgan fingerprint density at radius 3 is 2.50 bits per heavy atom. The lowest BCUT2D eigenvalue weighted by molar-refractivity contribution is -0.00527. The van der Waals surface area contributed by atoms with Crippen molar-refractivity contribution in [2.45, 2.75) is 39.0 Å². The molecule has 1 aliphatic rings.